The fourth-order valence-corrected chi connectivity index (χ4v) is 3.68. The summed E-state index contributed by atoms with van der Waals surface area (Å²) < 4.78 is 0. The van der Waals surface area contributed by atoms with Crippen molar-refractivity contribution in [3.8, 4) is 0 Å². The Balaban J connectivity index is 1.98. The molecule has 1 N–H and O–H groups in total. The Kier molecular flexibility index (Phi) is 5.89. The smallest absolute Gasteiger partial charge is 0.0412 e. The molecule has 0 spiro atoms. The number of thioether (sulfide) groups is 1. The first-order valence-corrected chi connectivity index (χ1v) is 8.63. The van der Waals surface area contributed by atoms with Gasteiger partial charge in [0.25, 0.3) is 0 Å². The van der Waals surface area contributed by atoms with E-state index in [4.69, 9.17) is 0 Å². The third kappa shape index (κ3) is 4.62. The first-order valence-electron chi connectivity index (χ1n) is 7.48. The van der Waals surface area contributed by atoms with Gasteiger partial charge in [0.15, 0.2) is 0 Å². The third-order valence-corrected chi connectivity index (χ3v) is 4.90. The minimum absolute atomic E-state index is 0.416. The topological polar surface area (TPSA) is 12.0 Å². The molecule has 0 bridgehead atoms. The van der Waals surface area contributed by atoms with Crippen molar-refractivity contribution in [1.29, 1.82) is 0 Å². The molecule has 2 heteroatoms. The number of benzene rings is 2. The average molecular weight is 299 g/mol. The summed E-state index contributed by atoms with van der Waals surface area (Å²) >= 11 is 1.99. The maximum absolute atomic E-state index is 3.46. The van der Waals surface area contributed by atoms with Crippen molar-refractivity contribution >= 4 is 11.8 Å². The monoisotopic (exact) mass is 299 g/mol. The fraction of sp³-hybridized carbons (Fsp3) is 0.368. The molecule has 1 atom stereocenters. The molecule has 21 heavy (non-hydrogen) atoms. The van der Waals surface area contributed by atoms with Gasteiger partial charge in [-0.15, -0.1) is 0 Å². The van der Waals surface area contributed by atoms with Crippen LogP contribution in [0.5, 0.6) is 0 Å². The van der Waals surface area contributed by atoms with Crippen molar-refractivity contribution in [2.45, 2.75) is 32.6 Å². The number of nitrogens with one attached hydrogen (secondary N) is 1. The van der Waals surface area contributed by atoms with Gasteiger partial charge in [-0.1, -0.05) is 53.6 Å². The summed E-state index contributed by atoms with van der Waals surface area (Å²) in [5, 5.41) is 3.46. The largest absolute Gasteiger partial charge is 0.312 e. The van der Waals surface area contributed by atoms with Gasteiger partial charge >= 0.3 is 0 Å². The number of hydrogen-bond donors (Lipinski definition) is 1. The molecule has 2 aromatic carbocycles. The maximum atomic E-state index is 3.46. The van der Waals surface area contributed by atoms with Crippen LogP contribution < -0.4 is 5.32 Å². The van der Waals surface area contributed by atoms with Crippen molar-refractivity contribution in [3.05, 3.63) is 70.3 Å². The molecule has 1 unspecified atom stereocenters. The molecule has 0 saturated heterocycles. The van der Waals surface area contributed by atoms with E-state index in [0.29, 0.717) is 6.04 Å². The zero-order valence-corrected chi connectivity index (χ0v) is 14.3. The van der Waals surface area contributed by atoms with Crippen molar-refractivity contribution in [2.75, 3.05) is 12.8 Å². The van der Waals surface area contributed by atoms with Gasteiger partial charge in [0.05, 0.1) is 0 Å². The predicted octanol–water partition coefficient (Wildman–Crippen LogP) is 4.81. The van der Waals surface area contributed by atoms with Gasteiger partial charge in [0.1, 0.15) is 0 Å². The van der Waals surface area contributed by atoms with E-state index >= 15 is 0 Å². The normalized spacial score (nSPS) is 12.4. The minimum Gasteiger partial charge on any atom is -0.312 e. The highest BCUT2D eigenvalue weighted by atomic mass is 32.2. The van der Waals surface area contributed by atoms with Crippen LogP contribution in [-0.2, 0) is 5.75 Å². The molecule has 0 amide bonds. The van der Waals surface area contributed by atoms with Gasteiger partial charge < -0.3 is 5.32 Å². The molecule has 0 saturated carbocycles. The van der Waals surface area contributed by atoms with Gasteiger partial charge in [-0.25, -0.2) is 0 Å². The standard InChI is InChI=1S/C19H25NS/c1-14-6-5-7-17(10-14)12-21-13-19(20-4)18-11-15(2)8-9-16(18)3/h5-11,19-20H,12-13H2,1-4H3. The first-order chi connectivity index (χ1) is 10.1. The summed E-state index contributed by atoms with van der Waals surface area (Å²) in [6.07, 6.45) is 0. The molecule has 0 heterocycles. The maximum Gasteiger partial charge on any atom is 0.0412 e. The van der Waals surface area contributed by atoms with Gasteiger partial charge in [-0.2, -0.15) is 11.8 Å². The Morgan fingerprint density at radius 1 is 1.00 bits per heavy atom. The Morgan fingerprint density at radius 2 is 1.76 bits per heavy atom. The van der Waals surface area contributed by atoms with E-state index in [1.54, 1.807) is 0 Å². The van der Waals surface area contributed by atoms with Crippen LogP contribution in [0.25, 0.3) is 0 Å². The van der Waals surface area contributed by atoms with E-state index in [0.717, 1.165) is 11.5 Å². The lowest BCUT2D eigenvalue weighted by molar-refractivity contribution is 0.657. The molecule has 0 aliphatic heterocycles. The van der Waals surface area contributed by atoms with Crippen molar-refractivity contribution < 1.29 is 0 Å². The van der Waals surface area contributed by atoms with Crippen LogP contribution in [0.15, 0.2) is 42.5 Å². The van der Waals surface area contributed by atoms with Gasteiger partial charge in [-0.05, 0) is 44.5 Å². The fourth-order valence-electron chi connectivity index (χ4n) is 2.56. The van der Waals surface area contributed by atoms with Gasteiger partial charge in [-0.3, -0.25) is 0 Å². The lowest BCUT2D eigenvalue weighted by Crippen LogP contribution is -2.20. The van der Waals surface area contributed by atoms with Crippen LogP contribution in [0, 0.1) is 20.8 Å². The second kappa shape index (κ2) is 7.67. The van der Waals surface area contributed by atoms with Crippen molar-refractivity contribution in [3.63, 3.8) is 0 Å². The molecule has 1 nitrogen and oxygen atoms in total. The summed E-state index contributed by atoms with van der Waals surface area (Å²) in [5.41, 5.74) is 6.88. The van der Waals surface area contributed by atoms with Gasteiger partial charge in [0, 0.05) is 17.5 Å². The quantitative estimate of drug-likeness (QED) is 0.822. The predicted molar refractivity (Wildman–Crippen MR) is 95.1 cm³/mol. The Hall–Kier alpha value is -1.25. The highest BCUT2D eigenvalue weighted by molar-refractivity contribution is 7.98. The van der Waals surface area contributed by atoms with Crippen LogP contribution in [-0.4, -0.2) is 12.8 Å². The third-order valence-electron chi connectivity index (χ3n) is 3.79. The second-order valence-electron chi connectivity index (χ2n) is 5.71. The first kappa shape index (κ1) is 16.1. The molecule has 0 fully saturated rings. The highest BCUT2D eigenvalue weighted by Crippen LogP contribution is 2.24. The molecule has 0 radical (unpaired) electrons. The molecule has 0 aliphatic carbocycles. The van der Waals surface area contributed by atoms with Crippen LogP contribution >= 0.6 is 11.8 Å². The second-order valence-corrected chi connectivity index (χ2v) is 6.74. The summed E-state index contributed by atoms with van der Waals surface area (Å²) in [4.78, 5) is 0. The number of aryl methyl sites for hydroxylation is 3. The summed E-state index contributed by atoms with van der Waals surface area (Å²) in [6, 6.07) is 15.9. The zero-order chi connectivity index (χ0) is 15.2. The lowest BCUT2D eigenvalue weighted by Gasteiger charge is -2.19. The molecule has 0 aliphatic rings. The highest BCUT2D eigenvalue weighted by Gasteiger charge is 2.12. The molecule has 2 aromatic rings. The summed E-state index contributed by atoms with van der Waals surface area (Å²) in [6.45, 7) is 6.51. The van der Waals surface area contributed by atoms with Crippen LogP contribution in [0.1, 0.15) is 33.9 Å². The molecule has 2 rings (SSSR count). The Bertz CT molecular complexity index is 592. The van der Waals surface area contributed by atoms with Crippen molar-refractivity contribution in [1.82, 2.24) is 5.32 Å². The SMILES string of the molecule is CNC(CSCc1cccc(C)c1)c1cc(C)ccc1C. The van der Waals surface area contributed by atoms with E-state index in [1.165, 1.54) is 27.8 Å². The molecular weight excluding hydrogens is 274 g/mol. The van der Waals surface area contributed by atoms with E-state index in [1.807, 2.05) is 11.8 Å². The number of hydrogen-bond acceptors (Lipinski definition) is 2. The minimum atomic E-state index is 0.416. The van der Waals surface area contributed by atoms with E-state index < -0.39 is 0 Å². The van der Waals surface area contributed by atoms with Crippen LogP contribution in [0.2, 0.25) is 0 Å². The van der Waals surface area contributed by atoms with E-state index in [9.17, 15) is 0 Å². The Morgan fingerprint density at radius 3 is 2.48 bits per heavy atom. The summed E-state index contributed by atoms with van der Waals surface area (Å²) in [7, 11) is 2.06. The molecule has 112 valence electrons. The number of rotatable bonds is 6. The summed E-state index contributed by atoms with van der Waals surface area (Å²) in [5.74, 6) is 2.17. The molecular formula is C19H25NS. The lowest BCUT2D eigenvalue weighted by atomic mass is 10.0. The molecule has 0 aromatic heterocycles. The van der Waals surface area contributed by atoms with Crippen LogP contribution in [0.4, 0.5) is 0 Å². The van der Waals surface area contributed by atoms with Crippen molar-refractivity contribution in [2.24, 2.45) is 0 Å². The average Bonchev–Trinajstić information content (AvgIpc) is 2.47. The van der Waals surface area contributed by atoms with Gasteiger partial charge in [0.2, 0.25) is 0 Å². The van der Waals surface area contributed by atoms with E-state index in [-0.39, 0.29) is 0 Å². The Labute approximate surface area is 133 Å². The van der Waals surface area contributed by atoms with Crippen LogP contribution in [0.3, 0.4) is 0 Å². The zero-order valence-electron chi connectivity index (χ0n) is 13.4. The van der Waals surface area contributed by atoms with E-state index in [2.05, 4.69) is 75.6 Å².